The van der Waals surface area contributed by atoms with Gasteiger partial charge in [0.15, 0.2) is 4.80 Å². The molecule has 0 spiro atoms. The summed E-state index contributed by atoms with van der Waals surface area (Å²) in [7, 11) is 1.62. The molecule has 4 aromatic carbocycles. The van der Waals surface area contributed by atoms with Crippen molar-refractivity contribution in [2.24, 2.45) is 4.99 Å². The molecule has 10 heteroatoms. The summed E-state index contributed by atoms with van der Waals surface area (Å²) in [5, 5.41) is 3.92. The lowest BCUT2D eigenvalue weighted by Crippen LogP contribution is -2.43. The van der Waals surface area contributed by atoms with Gasteiger partial charge in [0.2, 0.25) is 0 Å². The number of thiazole rings is 1. The van der Waals surface area contributed by atoms with E-state index in [9.17, 15) is 9.59 Å². The van der Waals surface area contributed by atoms with E-state index in [4.69, 9.17) is 32.9 Å². The average molecular weight is 710 g/mol. The maximum atomic E-state index is 14.7. The van der Waals surface area contributed by atoms with E-state index in [1.807, 2.05) is 87.5 Å². The number of carbonyl (C=O) groups excluding carboxylic acids is 1. The third kappa shape index (κ3) is 5.78. The number of amides is 1. The zero-order valence-corrected chi connectivity index (χ0v) is 29.9. The first kappa shape index (κ1) is 32.9. The van der Waals surface area contributed by atoms with Gasteiger partial charge in [-0.15, -0.1) is 0 Å². The van der Waals surface area contributed by atoms with E-state index < -0.39 is 6.04 Å². The van der Waals surface area contributed by atoms with Crippen LogP contribution in [-0.4, -0.2) is 40.1 Å². The SMILES string of the molecule is CCN(CC)C(=O)C1=C(C)N=c2s/c(=C/c3cn(Cc4ccc(Cl)c(Cl)c4)c4ccccc34)c(=O)n2[C@H]1c1c(OC)ccc2ccccc12. The molecule has 7 rings (SSSR count). The van der Waals surface area contributed by atoms with Crippen molar-refractivity contribution in [3.63, 3.8) is 0 Å². The fourth-order valence-corrected chi connectivity index (χ4v) is 8.14. The number of benzene rings is 4. The number of fused-ring (bicyclic) bond motifs is 3. The van der Waals surface area contributed by atoms with E-state index in [0.29, 0.717) is 56.0 Å². The number of ether oxygens (including phenoxy) is 1. The highest BCUT2D eigenvalue weighted by molar-refractivity contribution is 7.07. The summed E-state index contributed by atoms with van der Waals surface area (Å²) in [6, 6.07) is 24.9. The first-order valence-electron chi connectivity index (χ1n) is 16.1. The second kappa shape index (κ2) is 13.3. The molecule has 1 amide bonds. The molecule has 0 fully saturated rings. The van der Waals surface area contributed by atoms with Gasteiger partial charge in [-0.1, -0.05) is 89.1 Å². The molecule has 0 N–H and O–H groups in total. The van der Waals surface area contributed by atoms with Crippen LogP contribution in [0.3, 0.4) is 0 Å². The number of hydrogen-bond donors (Lipinski definition) is 0. The van der Waals surface area contributed by atoms with Gasteiger partial charge in [0.05, 0.1) is 33.0 Å². The Morgan fingerprint density at radius 1 is 0.980 bits per heavy atom. The van der Waals surface area contributed by atoms with Crippen molar-refractivity contribution in [1.82, 2.24) is 14.0 Å². The molecule has 6 aromatic rings. The highest BCUT2D eigenvalue weighted by Crippen LogP contribution is 2.40. The van der Waals surface area contributed by atoms with Crippen molar-refractivity contribution >= 4 is 68.2 Å². The summed E-state index contributed by atoms with van der Waals surface area (Å²) < 4.78 is 10.3. The highest BCUT2D eigenvalue weighted by Gasteiger charge is 2.36. The molecule has 0 aliphatic carbocycles. The molecule has 0 unspecified atom stereocenters. The maximum absolute atomic E-state index is 14.7. The van der Waals surface area contributed by atoms with Crippen LogP contribution in [0.25, 0.3) is 27.8 Å². The molecule has 7 nitrogen and oxygen atoms in total. The highest BCUT2D eigenvalue weighted by atomic mass is 35.5. The summed E-state index contributed by atoms with van der Waals surface area (Å²) in [6.45, 7) is 7.40. The molecule has 1 aliphatic heterocycles. The zero-order valence-electron chi connectivity index (χ0n) is 27.5. The van der Waals surface area contributed by atoms with Gasteiger partial charge in [-0.05, 0) is 67.4 Å². The number of para-hydroxylation sites is 1. The Morgan fingerprint density at radius 3 is 2.45 bits per heavy atom. The maximum Gasteiger partial charge on any atom is 0.271 e. The van der Waals surface area contributed by atoms with Gasteiger partial charge >= 0.3 is 0 Å². The molecule has 1 atom stereocenters. The Bertz CT molecular complexity index is 2490. The number of methoxy groups -OCH3 is 1. The molecule has 0 radical (unpaired) electrons. The second-order valence-corrected chi connectivity index (χ2v) is 13.8. The number of halogens is 2. The topological polar surface area (TPSA) is 68.8 Å². The van der Waals surface area contributed by atoms with E-state index in [-0.39, 0.29) is 11.5 Å². The minimum Gasteiger partial charge on any atom is -0.496 e. The minimum atomic E-state index is -0.747. The van der Waals surface area contributed by atoms with Gasteiger partial charge in [0, 0.05) is 47.9 Å². The predicted molar refractivity (Wildman–Crippen MR) is 200 cm³/mol. The second-order valence-electron chi connectivity index (χ2n) is 11.9. The van der Waals surface area contributed by atoms with Crippen LogP contribution in [0.5, 0.6) is 5.75 Å². The van der Waals surface area contributed by atoms with Gasteiger partial charge < -0.3 is 14.2 Å². The Labute approximate surface area is 297 Å². The lowest BCUT2D eigenvalue weighted by Gasteiger charge is -2.30. The molecule has 1 aliphatic rings. The quantitative estimate of drug-likeness (QED) is 0.164. The summed E-state index contributed by atoms with van der Waals surface area (Å²) in [5.41, 5.74) is 4.52. The van der Waals surface area contributed by atoms with Gasteiger partial charge in [0.25, 0.3) is 11.5 Å². The van der Waals surface area contributed by atoms with Gasteiger partial charge in [-0.25, -0.2) is 4.99 Å². The van der Waals surface area contributed by atoms with Crippen molar-refractivity contribution in [1.29, 1.82) is 0 Å². The Kier molecular flexibility index (Phi) is 8.96. The molecule has 0 bridgehead atoms. The molecule has 0 saturated carbocycles. The van der Waals surface area contributed by atoms with E-state index in [1.165, 1.54) is 11.3 Å². The number of carbonyl (C=O) groups is 1. The number of allylic oxidation sites excluding steroid dienone is 1. The minimum absolute atomic E-state index is 0.147. The summed E-state index contributed by atoms with van der Waals surface area (Å²) in [6.07, 6.45) is 3.98. The van der Waals surface area contributed by atoms with E-state index in [1.54, 1.807) is 22.6 Å². The van der Waals surface area contributed by atoms with Crippen molar-refractivity contribution in [3.8, 4) is 5.75 Å². The van der Waals surface area contributed by atoms with E-state index in [2.05, 4.69) is 22.9 Å². The fraction of sp³-hybridized carbons (Fsp3) is 0.205. The van der Waals surface area contributed by atoms with Crippen molar-refractivity contribution < 1.29 is 9.53 Å². The number of aromatic nitrogens is 2. The van der Waals surface area contributed by atoms with Crippen LogP contribution in [0.2, 0.25) is 10.0 Å². The Hall–Kier alpha value is -4.63. The number of nitrogens with zero attached hydrogens (tertiary/aromatic N) is 4. The standard InChI is InChI=1S/C39H34Cl2N4O3S/c1-5-43(6-2)38(47)34-23(3)42-39-45(36(34)35-28-13-8-7-11-25(28)16-18-32(35)48-4)37(46)33(49-39)20-26-22-44(31-14-10-9-12-27(26)31)21-24-15-17-29(40)30(41)19-24/h7-20,22,36H,5-6,21H2,1-4H3/b33-20+/t36-/m1/s1. The average Bonchev–Trinajstić information content (AvgIpc) is 3.61. The molecular weight excluding hydrogens is 675 g/mol. The Balaban J connectivity index is 1.45. The predicted octanol–water partition coefficient (Wildman–Crippen LogP) is 7.58. The van der Waals surface area contributed by atoms with Crippen molar-refractivity contribution in [3.05, 3.63) is 143 Å². The molecular formula is C39H34Cl2N4O3S. The van der Waals surface area contributed by atoms with E-state index in [0.717, 1.165) is 38.4 Å². The van der Waals surface area contributed by atoms with E-state index >= 15 is 0 Å². The van der Waals surface area contributed by atoms with Crippen LogP contribution in [0.15, 0.2) is 106 Å². The van der Waals surface area contributed by atoms with Gasteiger partial charge in [-0.3, -0.25) is 14.2 Å². The third-order valence-corrected chi connectivity index (χ3v) is 10.9. The number of hydrogen-bond acceptors (Lipinski definition) is 5. The smallest absolute Gasteiger partial charge is 0.271 e. The van der Waals surface area contributed by atoms with Crippen LogP contribution < -0.4 is 19.6 Å². The normalized spacial score (nSPS) is 14.7. The summed E-state index contributed by atoms with van der Waals surface area (Å²) in [5.74, 6) is 0.453. The Morgan fingerprint density at radius 2 is 1.71 bits per heavy atom. The van der Waals surface area contributed by atoms with Crippen molar-refractivity contribution in [2.75, 3.05) is 20.2 Å². The molecule has 248 valence electrons. The summed E-state index contributed by atoms with van der Waals surface area (Å²) in [4.78, 5) is 36.2. The zero-order chi connectivity index (χ0) is 34.4. The first-order chi connectivity index (χ1) is 23.7. The summed E-state index contributed by atoms with van der Waals surface area (Å²) >= 11 is 13.8. The number of likely N-dealkylation sites (N-methyl/N-ethyl adjacent to an activating group) is 1. The van der Waals surface area contributed by atoms with Crippen LogP contribution in [0, 0.1) is 0 Å². The lowest BCUT2D eigenvalue weighted by molar-refractivity contribution is -0.127. The van der Waals surface area contributed by atoms with Crippen LogP contribution in [0.4, 0.5) is 0 Å². The lowest BCUT2D eigenvalue weighted by atomic mass is 9.90. The molecule has 0 saturated heterocycles. The van der Waals surface area contributed by atoms with Crippen molar-refractivity contribution in [2.45, 2.75) is 33.4 Å². The molecule has 3 heterocycles. The third-order valence-electron chi connectivity index (χ3n) is 9.17. The number of rotatable bonds is 8. The molecule has 2 aromatic heterocycles. The fourth-order valence-electron chi connectivity index (χ4n) is 6.78. The van der Waals surface area contributed by atoms with Crippen LogP contribution >= 0.6 is 34.5 Å². The molecule has 49 heavy (non-hydrogen) atoms. The van der Waals surface area contributed by atoms with Crippen LogP contribution in [-0.2, 0) is 11.3 Å². The monoisotopic (exact) mass is 708 g/mol. The van der Waals surface area contributed by atoms with Gasteiger partial charge in [0.1, 0.15) is 11.8 Å². The van der Waals surface area contributed by atoms with Gasteiger partial charge in [-0.2, -0.15) is 0 Å². The first-order valence-corrected chi connectivity index (χ1v) is 17.7. The van der Waals surface area contributed by atoms with Crippen LogP contribution in [0.1, 0.15) is 43.5 Å². The largest absolute Gasteiger partial charge is 0.496 e.